The first-order valence-electron chi connectivity index (χ1n) is 6.98. The van der Waals surface area contributed by atoms with Crippen LogP contribution in [-0.2, 0) is 6.54 Å². The Kier molecular flexibility index (Phi) is 5.08. The summed E-state index contributed by atoms with van der Waals surface area (Å²) in [7, 11) is 0. The zero-order valence-electron chi connectivity index (χ0n) is 11.5. The molecule has 0 spiro atoms. The first kappa shape index (κ1) is 13.4. The molecule has 1 aromatic rings. The quantitative estimate of drug-likeness (QED) is 0.862. The highest BCUT2D eigenvalue weighted by Crippen LogP contribution is 2.08. The fraction of sp³-hybridized carbons (Fsp3) is 0.714. The molecule has 1 aromatic heterocycles. The smallest absolute Gasteiger partial charge is 0.125 e. The van der Waals surface area contributed by atoms with Crippen LogP contribution in [0, 0.1) is 6.92 Å². The third-order valence-corrected chi connectivity index (χ3v) is 3.45. The highest BCUT2D eigenvalue weighted by Gasteiger charge is 2.12. The van der Waals surface area contributed by atoms with Crippen molar-refractivity contribution in [1.82, 2.24) is 20.2 Å². The van der Waals surface area contributed by atoms with Crippen molar-refractivity contribution in [2.75, 3.05) is 19.6 Å². The van der Waals surface area contributed by atoms with E-state index in [2.05, 4.69) is 27.1 Å². The Balaban J connectivity index is 1.72. The van der Waals surface area contributed by atoms with Crippen molar-refractivity contribution in [2.24, 2.45) is 0 Å². The van der Waals surface area contributed by atoms with Crippen LogP contribution in [-0.4, -0.2) is 40.5 Å². The van der Waals surface area contributed by atoms with E-state index in [1.807, 2.05) is 19.2 Å². The number of piperidine rings is 1. The van der Waals surface area contributed by atoms with Gasteiger partial charge in [0.25, 0.3) is 0 Å². The van der Waals surface area contributed by atoms with E-state index < -0.39 is 0 Å². The summed E-state index contributed by atoms with van der Waals surface area (Å²) in [5.74, 6) is 0.845. The average Bonchev–Trinajstić information content (AvgIpc) is 2.38. The first-order chi connectivity index (χ1) is 8.74. The Hall–Kier alpha value is -1.00. The molecule has 4 nitrogen and oxygen atoms in total. The summed E-state index contributed by atoms with van der Waals surface area (Å²) in [6.45, 7) is 8.68. The predicted octanol–water partition coefficient (Wildman–Crippen LogP) is 1.75. The average molecular weight is 248 g/mol. The molecule has 1 aliphatic rings. The van der Waals surface area contributed by atoms with E-state index in [1.165, 1.54) is 32.4 Å². The monoisotopic (exact) mass is 248 g/mol. The summed E-state index contributed by atoms with van der Waals surface area (Å²) >= 11 is 0. The highest BCUT2D eigenvalue weighted by atomic mass is 15.1. The van der Waals surface area contributed by atoms with Gasteiger partial charge in [-0.05, 0) is 45.8 Å². The van der Waals surface area contributed by atoms with Gasteiger partial charge in [-0.25, -0.2) is 9.97 Å². The number of hydrogen-bond acceptors (Lipinski definition) is 4. The third-order valence-electron chi connectivity index (χ3n) is 3.45. The van der Waals surface area contributed by atoms with E-state index in [9.17, 15) is 0 Å². The van der Waals surface area contributed by atoms with E-state index in [-0.39, 0.29) is 0 Å². The van der Waals surface area contributed by atoms with Crippen molar-refractivity contribution in [3.8, 4) is 0 Å². The summed E-state index contributed by atoms with van der Waals surface area (Å²) in [6, 6.07) is 2.49. The molecule has 0 aliphatic carbocycles. The van der Waals surface area contributed by atoms with Gasteiger partial charge in [0.1, 0.15) is 5.82 Å². The van der Waals surface area contributed by atoms with Gasteiger partial charge in [0, 0.05) is 25.3 Å². The lowest BCUT2D eigenvalue weighted by Crippen LogP contribution is -2.41. The van der Waals surface area contributed by atoms with Crippen molar-refractivity contribution in [3.63, 3.8) is 0 Å². The summed E-state index contributed by atoms with van der Waals surface area (Å²) in [5.41, 5.74) is 1.08. The van der Waals surface area contributed by atoms with E-state index in [0.717, 1.165) is 24.6 Å². The van der Waals surface area contributed by atoms with Crippen LogP contribution in [0.4, 0.5) is 0 Å². The normalized spacial score (nSPS) is 18.8. The van der Waals surface area contributed by atoms with Gasteiger partial charge in [-0.15, -0.1) is 0 Å². The largest absolute Gasteiger partial charge is 0.307 e. The molecule has 0 bridgehead atoms. The molecular formula is C14H24N4. The van der Waals surface area contributed by atoms with Crippen LogP contribution in [0.15, 0.2) is 12.3 Å². The summed E-state index contributed by atoms with van der Waals surface area (Å²) in [5, 5.41) is 3.54. The number of aromatic nitrogens is 2. The minimum atomic E-state index is 0.512. The number of aryl methyl sites for hydroxylation is 1. The second-order valence-electron chi connectivity index (χ2n) is 5.24. The van der Waals surface area contributed by atoms with Gasteiger partial charge in [0.05, 0.1) is 5.69 Å². The second kappa shape index (κ2) is 6.81. The Morgan fingerprint density at radius 1 is 1.33 bits per heavy atom. The SMILES string of the molecule is Cc1nccc(CNC(C)CN2CCCCC2)n1. The number of rotatable bonds is 5. The number of nitrogens with one attached hydrogen (secondary N) is 1. The molecule has 0 saturated carbocycles. The second-order valence-corrected chi connectivity index (χ2v) is 5.24. The molecule has 1 fully saturated rings. The van der Waals surface area contributed by atoms with Crippen LogP contribution in [0.1, 0.15) is 37.7 Å². The van der Waals surface area contributed by atoms with Crippen LogP contribution in [0.3, 0.4) is 0 Å². The molecule has 100 valence electrons. The first-order valence-corrected chi connectivity index (χ1v) is 6.98. The van der Waals surface area contributed by atoms with Crippen molar-refractivity contribution in [1.29, 1.82) is 0 Å². The van der Waals surface area contributed by atoms with Crippen molar-refractivity contribution < 1.29 is 0 Å². The third kappa shape index (κ3) is 4.35. The van der Waals surface area contributed by atoms with Gasteiger partial charge < -0.3 is 10.2 Å². The van der Waals surface area contributed by atoms with Gasteiger partial charge in [-0.1, -0.05) is 6.42 Å². The number of nitrogens with zero attached hydrogens (tertiary/aromatic N) is 3. The fourth-order valence-electron chi connectivity index (χ4n) is 2.48. The Labute approximate surface area is 110 Å². The molecule has 0 amide bonds. The maximum Gasteiger partial charge on any atom is 0.125 e. The van der Waals surface area contributed by atoms with E-state index >= 15 is 0 Å². The summed E-state index contributed by atoms with van der Waals surface area (Å²) in [6.07, 6.45) is 5.95. The van der Waals surface area contributed by atoms with E-state index in [0.29, 0.717) is 6.04 Å². The summed E-state index contributed by atoms with van der Waals surface area (Å²) < 4.78 is 0. The molecule has 2 heterocycles. The van der Waals surface area contributed by atoms with Crippen molar-refractivity contribution in [2.45, 2.75) is 45.7 Å². The van der Waals surface area contributed by atoms with Crippen LogP contribution in [0.2, 0.25) is 0 Å². The molecule has 18 heavy (non-hydrogen) atoms. The lowest BCUT2D eigenvalue weighted by molar-refractivity contribution is 0.208. The highest BCUT2D eigenvalue weighted by molar-refractivity contribution is 5.01. The van der Waals surface area contributed by atoms with Gasteiger partial charge in [-0.3, -0.25) is 0 Å². The van der Waals surface area contributed by atoms with Gasteiger partial charge in [0.15, 0.2) is 0 Å². The Morgan fingerprint density at radius 3 is 2.83 bits per heavy atom. The van der Waals surface area contributed by atoms with E-state index in [1.54, 1.807) is 0 Å². The summed E-state index contributed by atoms with van der Waals surface area (Å²) in [4.78, 5) is 11.1. The van der Waals surface area contributed by atoms with Crippen LogP contribution >= 0.6 is 0 Å². The molecule has 4 heteroatoms. The lowest BCUT2D eigenvalue weighted by Gasteiger charge is -2.29. The van der Waals surface area contributed by atoms with Crippen molar-refractivity contribution >= 4 is 0 Å². The molecule has 1 aliphatic heterocycles. The minimum absolute atomic E-state index is 0.512. The molecular weight excluding hydrogens is 224 g/mol. The molecule has 1 saturated heterocycles. The molecule has 1 N–H and O–H groups in total. The number of hydrogen-bond donors (Lipinski definition) is 1. The topological polar surface area (TPSA) is 41.1 Å². The molecule has 0 aromatic carbocycles. The van der Waals surface area contributed by atoms with Gasteiger partial charge >= 0.3 is 0 Å². The molecule has 0 radical (unpaired) electrons. The molecule has 1 atom stereocenters. The zero-order chi connectivity index (χ0) is 12.8. The van der Waals surface area contributed by atoms with Crippen LogP contribution in [0.25, 0.3) is 0 Å². The van der Waals surface area contributed by atoms with E-state index in [4.69, 9.17) is 0 Å². The fourth-order valence-corrected chi connectivity index (χ4v) is 2.48. The molecule has 1 unspecified atom stereocenters. The Bertz CT molecular complexity index is 361. The van der Waals surface area contributed by atoms with Crippen molar-refractivity contribution in [3.05, 3.63) is 23.8 Å². The Morgan fingerprint density at radius 2 is 2.11 bits per heavy atom. The zero-order valence-corrected chi connectivity index (χ0v) is 11.5. The molecule has 2 rings (SSSR count). The maximum atomic E-state index is 4.40. The number of likely N-dealkylation sites (tertiary alicyclic amines) is 1. The predicted molar refractivity (Wildman–Crippen MR) is 73.4 cm³/mol. The van der Waals surface area contributed by atoms with Crippen LogP contribution < -0.4 is 5.32 Å². The minimum Gasteiger partial charge on any atom is -0.307 e. The van der Waals surface area contributed by atoms with Crippen LogP contribution in [0.5, 0.6) is 0 Å². The van der Waals surface area contributed by atoms with Gasteiger partial charge in [-0.2, -0.15) is 0 Å². The standard InChI is InChI=1S/C14H24N4/c1-12(11-18-8-4-3-5-9-18)16-10-14-6-7-15-13(2)17-14/h6-7,12,16H,3-5,8-11H2,1-2H3. The maximum absolute atomic E-state index is 4.40. The lowest BCUT2D eigenvalue weighted by atomic mass is 10.1. The van der Waals surface area contributed by atoms with Gasteiger partial charge in [0.2, 0.25) is 0 Å².